The number of pyridine rings is 1. The van der Waals surface area contributed by atoms with Crippen molar-refractivity contribution in [1.29, 1.82) is 0 Å². The Bertz CT molecular complexity index is 942. The average Bonchev–Trinajstić information content (AvgIpc) is 2.88. The van der Waals surface area contributed by atoms with Crippen LogP contribution in [0.2, 0.25) is 5.15 Å². The van der Waals surface area contributed by atoms with Crippen molar-refractivity contribution in [1.82, 2.24) is 15.0 Å². The van der Waals surface area contributed by atoms with Crippen LogP contribution in [0.5, 0.6) is 0 Å². The second-order valence-electron chi connectivity index (χ2n) is 5.35. The predicted octanol–water partition coefficient (Wildman–Crippen LogP) is 5.50. The molecule has 0 aromatic carbocycles. The summed E-state index contributed by atoms with van der Waals surface area (Å²) >= 11 is 8.77. The molecule has 10 heteroatoms. The molecule has 0 aliphatic heterocycles. The van der Waals surface area contributed by atoms with Crippen LogP contribution >= 0.6 is 34.7 Å². The second kappa shape index (κ2) is 6.62. The Morgan fingerprint density at radius 2 is 1.96 bits per heavy atom. The van der Waals surface area contributed by atoms with Gasteiger partial charge >= 0.3 is 6.18 Å². The summed E-state index contributed by atoms with van der Waals surface area (Å²) < 4.78 is 39.5. The fraction of sp³-hybridized carbons (Fsp3) is 0.267. The largest absolute Gasteiger partial charge is 0.433 e. The lowest BCUT2D eigenvalue weighted by Crippen LogP contribution is -2.11. The van der Waals surface area contributed by atoms with Gasteiger partial charge < -0.3 is 5.73 Å². The number of aryl methyl sites for hydroxylation is 1. The third-order valence-corrected chi connectivity index (χ3v) is 5.94. The molecule has 3 rings (SSSR count). The van der Waals surface area contributed by atoms with Crippen LogP contribution in [0.3, 0.4) is 0 Å². The number of anilines is 1. The van der Waals surface area contributed by atoms with Gasteiger partial charge in [0.1, 0.15) is 11.0 Å². The van der Waals surface area contributed by atoms with E-state index in [9.17, 15) is 13.2 Å². The van der Waals surface area contributed by atoms with Gasteiger partial charge in [-0.2, -0.15) is 13.2 Å². The zero-order chi connectivity index (χ0) is 18.4. The highest BCUT2D eigenvalue weighted by Gasteiger charge is 2.33. The number of nitrogens with zero attached hydrogens (tertiary/aromatic N) is 3. The fourth-order valence-electron chi connectivity index (χ4n) is 2.20. The molecule has 0 fully saturated rings. The van der Waals surface area contributed by atoms with Crippen LogP contribution < -0.4 is 5.73 Å². The number of rotatable bonds is 3. The molecule has 132 valence electrons. The van der Waals surface area contributed by atoms with E-state index in [1.54, 1.807) is 6.92 Å². The van der Waals surface area contributed by atoms with Crippen molar-refractivity contribution in [3.05, 3.63) is 39.6 Å². The van der Waals surface area contributed by atoms with Crippen molar-refractivity contribution in [2.24, 2.45) is 0 Å². The molecule has 25 heavy (non-hydrogen) atoms. The summed E-state index contributed by atoms with van der Waals surface area (Å²) in [5.74, 6) is -0.229. The van der Waals surface area contributed by atoms with Crippen molar-refractivity contribution < 1.29 is 13.2 Å². The van der Waals surface area contributed by atoms with Crippen molar-refractivity contribution in [3.8, 4) is 0 Å². The van der Waals surface area contributed by atoms with Crippen LogP contribution in [0.1, 0.15) is 29.1 Å². The summed E-state index contributed by atoms with van der Waals surface area (Å²) in [6.07, 6.45) is -4.58. The molecule has 1 unspecified atom stereocenters. The molecule has 0 spiro atoms. The monoisotopic (exact) mass is 404 g/mol. The van der Waals surface area contributed by atoms with Gasteiger partial charge in [-0.05, 0) is 30.9 Å². The third-order valence-electron chi connectivity index (χ3n) is 3.44. The Balaban J connectivity index is 1.94. The van der Waals surface area contributed by atoms with Crippen LogP contribution in [0, 0.1) is 6.92 Å². The minimum absolute atomic E-state index is 0.0557. The summed E-state index contributed by atoms with van der Waals surface area (Å²) in [4.78, 5) is 11.8. The van der Waals surface area contributed by atoms with Gasteiger partial charge in [0.2, 0.25) is 0 Å². The lowest BCUT2D eigenvalue weighted by Gasteiger charge is -2.13. The molecule has 2 N–H and O–H groups in total. The number of alkyl halides is 3. The zero-order valence-electron chi connectivity index (χ0n) is 13.1. The molecule has 0 bridgehead atoms. The number of hydrogen-bond acceptors (Lipinski definition) is 6. The number of thioether (sulfide) groups is 1. The van der Waals surface area contributed by atoms with E-state index in [1.807, 2.05) is 18.4 Å². The van der Waals surface area contributed by atoms with Crippen LogP contribution in [0.15, 0.2) is 22.7 Å². The molecular weight excluding hydrogens is 393 g/mol. The first-order chi connectivity index (χ1) is 11.6. The Morgan fingerprint density at radius 1 is 1.24 bits per heavy atom. The number of nitrogen functional groups attached to an aromatic ring is 1. The lowest BCUT2D eigenvalue weighted by atomic mass is 10.2. The molecule has 1 atom stereocenters. The van der Waals surface area contributed by atoms with E-state index in [1.165, 1.54) is 11.3 Å². The molecule has 0 saturated heterocycles. The van der Waals surface area contributed by atoms with Gasteiger partial charge in [0.25, 0.3) is 0 Å². The second-order valence-corrected chi connectivity index (χ2v) is 7.90. The highest BCUT2D eigenvalue weighted by atomic mass is 35.5. The van der Waals surface area contributed by atoms with Crippen LogP contribution in [0.4, 0.5) is 19.0 Å². The highest BCUT2D eigenvalue weighted by Crippen LogP contribution is 2.38. The fourth-order valence-corrected chi connectivity index (χ4v) is 4.32. The smallest absolute Gasteiger partial charge is 0.384 e. The molecule has 0 aliphatic carbocycles. The Labute approximate surface area is 154 Å². The molecule has 3 aromatic heterocycles. The van der Waals surface area contributed by atoms with Gasteiger partial charge in [0.15, 0.2) is 10.9 Å². The van der Waals surface area contributed by atoms with Crippen molar-refractivity contribution in [3.63, 3.8) is 0 Å². The number of aromatic nitrogens is 3. The molecule has 3 aromatic rings. The third kappa shape index (κ3) is 3.83. The molecule has 0 saturated carbocycles. The maximum Gasteiger partial charge on any atom is 0.433 e. The lowest BCUT2D eigenvalue weighted by molar-refractivity contribution is -0.141. The number of nitrogens with two attached hydrogens (primary N) is 1. The van der Waals surface area contributed by atoms with Gasteiger partial charge in [-0.3, -0.25) is 0 Å². The SMILES string of the molecule is Cc1csc2c(Cl)nc(C(C)Sc3nc(N)cc(C(F)(F)F)n3)cc12. The number of halogens is 4. The van der Waals surface area contributed by atoms with E-state index in [2.05, 4.69) is 15.0 Å². The first-order valence-electron chi connectivity index (χ1n) is 7.08. The summed E-state index contributed by atoms with van der Waals surface area (Å²) in [7, 11) is 0. The normalized spacial score (nSPS) is 13.4. The molecule has 3 heterocycles. The Kier molecular flexibility index (Phi) is 4.82. The molecule has 0 amide bonds. The molecular formula is C15H12ClF3N4S2. The zero-order valence-corrected chi connectivity index (χ0v) is 15.4. The number of hydrogen-bond donors (Lipinski definition) is 1. The van der Waals surface area contributed by atoms with E-state index in [4.69, 9.17) is 17.3 Å². The van der Waals surface area contributed by atoms with Crippen molar-refractivity contribution >= 4 is 50.6 Å². The van der Waals surface area contributed by atoms with Crippen LogP contribution in [-0.2, 0) is 6.18 Å². The Morgan fingerprint density at radius 3 is 2.64 bits per heavy atom. The first kappa shape index (κ1) is 18.2. The molecule has 0 aliphatic rings. The van der Waals surface area contributed by atoms with E-state index >= 15 is 0 Å². The van der Waals surface area contributed by atoms with E-state index in [-0.39, 0.29) is 16.2 Å². The van der Waals surface area contributed by atoms with Gasteiger partial charge in [-0.15, -0.1) is 11.3 Å². The van der Waals surface area contributed by atoms with E-state index < -0.39 is 11.9 Å². The minimum Gasteiger partial charge on any atom is -0.384 e. The topological polar surface area (TPSA) is 64.7 Å². The van der Waals surface area contributed by atoms with Gasteiger partial charge in [0, 0.05) is 11.5 Å². The quantitative estimate of drug-likeness (QED) is 0.354. The summed E-state index contributed by atoms with van der Waals surface area (Å²) in [6, 6.07) is 2.60. The maximum absolute atomic E-state index is 12.9. The van der Waals surface area contributed by atoms with Gasteiger partial charge in [0.05, 0.1) is 15.6 Å². The van der Waals surface area contributed by atoms with Crippen molar-refractivity contribution in [2.75, 3.05) is 5.73 Å². The van der Waals surface area contributed by atoms with Gasteiger partial charge in [-0.1, -0.05) is 23.4 Å². The van der Waals surface area contributed by atoms with Crippen LogP contribution in [-0.4, -0.2) is 15.0 Å². The van der Waals surface area contributed by atoms with E-state index in [0.717, 1.165) is 27.4 Å². The first-order valence-corrected chi connectivity index (χ1v) is 9.21. The highest BCUT2D eigenvalue weighted by molar-refractivity contribution is 7.99. The molecule has 0 radical (unpaired) electrons. The summed E-state index contributed by atoms with van der Waals surface area (Å²) in [6.45, 7) is 3.77. The number of thiophene rings is 1. The van der Waals surface area contributed by atoms with Crippen LogP contribution in [0.25, 0.3) is 10.1 Å². The number of fused-ring (bicyclic) bond motifs is 1. The minimum atomic E-state index is -4.58. The summed E-state index contributed by atoms with van der Waals surface area (Å²) in [5, 5.41) is 2.99. The van der Waals surface area contributed by atoms with Crippen molar-refractivity contribution in [2.45, 2.75) is 30.4 Å². The van der Waals surface area contributed by atoms with E-state index in [0.29, 0.717) is 16.9 Å². The van der Waals surface area contributed by atoms with Gasteiger partial charge in [-0.25, -0.2) is 15.0 Å². The summed E-state index contributed by atoms with van der Waals surface area (Å²) in [5.41, 5.74) is 6.12. The molecule has 4 nitrogen and oxygen atoms in total. The predicted molar refractivity (Wildman–Crippen MR) is 95.1 cm³/mol. The Hall–Kier alpha value is -1.58. The maximum atomic E-state index is 12.9. The average molecular weight is 405 g/mol. The standard InChI is InChI=1S/C15H12ClF3N4S2/c1-6-5-24-12-8(6)3-9(21-13(12)16)7(2)25-14-22-10(15(17,18)19)4-11(20)23-14/h3-5,7H,1-2H3,(H2,20,22,23).